The van der Waals surface area contributed by atoms with Crippen LogP contribution in [0.2, 0.25) is 0 Å². The number of carbonyl (C=O) groups is 3. The molecule has 3 rings (SSSR count). The highest BCUT2D eigenvalue weighted by molar-refractivity contribution is 6.11. The van der Waals surface area contributed by atoms with Crippen molar-refractivity contribution in [3.8, 4) is 0 Å². The molecule has 0 heterocycles. The van der Waals surface area contributed by atoms with Crippen molar-refractivity contribution in [2.75, 3.05) is 11.5 Å². The minimum absolute atomic E-state index is 0.0659. The van der Waals surface area contributed by atoms with Gasteiger partial charge in [-0.25, -0.2) is 4.79 Å². The maximum Gasteiger partial charge on any atom is 0.340 e. The van der Waals surface area contributed by atoms with Crippen LogP contribution in [0.4, 0.5) is 17.1 Å². The van der Waals surface area contributed by atoms with E-state index in [9.17, 15) is 24.5 Å². The maximum atomic E-state index is 12.8. The summed E-state index contributed by atoms with van der Waals surface area (Å²) in [4.78, 5) is 50.0. The fourth-order valence-corrected chi connectivity index (χ4v) is 3.28. The average Bonchev–Trinajstić information content (AvgIpc) is 2.79. The molecule has 0 aliphatic rings. The summed E-state index contributed by atoms with van der Waals surface area (Å²) >= 11 is 0. The number of esters is 1. The van der Waals surface area contributed by atoms with Crippen LogP contribution in [0.15, 0.2) is 72.8 Å². The maximum absolute atomic E-state index is 12.8. The zero-order valence-electron chi connectivity index (χ0n) is 17.5. The number of benzene rings is 3. The molecule has 0 unspecified atom stereocenters. The van der Waals surface area contributed by atoms with Crippen molar-refractivity contribution in [2.24, 2.45) is 0 Å². The summed E-state index contributed by atoms with van der Waals surface area (Å²) in [7, 11) is 0. The van der Waals surface area contributed by atoms with Crippen LogP contribution in [0.25, 0.3) is 0 Å². The van der Waals surface area contributed by atoms with E-state index in [0.717, 1.165) is 11.0 Å². The Hall–Kier alpha value is -4.33. The molecule has 8 heteroatoms. The molecule has 0 N–H and O–H groups in total. The van der Waals surface area contributed by atoms with Gasteiger partial charge in [-0.3, -0.25) is 24.6 Å². The van der Waals surface area contributed by atoms with E-state index in [4.69, 9.17) is 4.74 Å². The Kier molecular flexibility index (Phi) is 6.74. The normalized spacial score (nSPS) is 10.3. The molecule has 0 radical (unpaired) electrons. The summed E-state index contributed by atoms with van der Waals surface area (Å²) in [5.74, 6) is -1.60. The van der Waals surface area contributed by atoms with Gasteiger partial charge in [0.25, 0.3) is 5.69 Å². The van der Waals surface area contributed by atoms with E-state index in [2.05, 4.69) is 0 Å². The number of amides is 1. The molecule has 0 aliphatic carbocycles. The van der Waals surface area contributed by atoms with Crippen molar-refractivity contribution in [2.45, 2.75) is 13.8 Å². The van der Waals surface area contributed by atoms with Crippen LogP contribution in [0, 0.1) is 10.1 Å². The second kappa shape index (κ2) is 9.65. The Morgan fingerprint density at radius 2 is 1.56 bits per heavy atom. The third-order valence-corrected chi connectivity index (χ3v) is 4.67. The summed E-state index contributed by atoms with van der Waals surface area (Å²) in [6, 6.07) is 18.4. The topological polar surface area (TPSA) is 107 Å². The monoisotopic (exact) mass is 432 g/mol. The molecular formula is C24H20N2O6. The van der Waals surface area contributed by atoms with Gasteiger partial charge in [0.15, 0.2) is 5.78 Å². The van der Waals surface area contributed by atoms with Gasteiger partial charge in [0.2, 0.25) is 5.91 Å². The predicted molar refractivity (Wildman–Crippen MR) is 118 cm³/mol. The first kappa shape index (κ1) is 22.4. The van der Waals surface area contributed by atoms with Gasteiger partial charge in [-0.05, 0) is 31.2 Å². The van der Waals surface area contributed by atoms with E-state index in [1.165, 1.54) is 31.2 Å². The van der Waals surface area contributed by atoms with Crippen molar-refractivity contribution >= 4 is 34.7 Å². The number of para-hydroxylation sites is 1. The number of anilines is 2. The molecule has 0 atom stereocenters. The Morgan fingerprint density at radius 3 is 2.19 bits per heavy atom. The fraction of sp³-hybridized carbons (Fsp3) is 0.125. The van der Waals surface area contributed by atoms with E-state index < -0.39 is 22.5 Å². The lowest BCUT2D eigenvalue weighted by Gasteiger charge is -2.23. The van der Waals surface area contributed by atoms with Gasteiger partial charge < -0.3 is 4.74 Å². The molecule has 0 spiro atoms. The number of nitrogens with zero attached hydrogens (tertiary/aromatic N) is 2. The minimum atomic E-state index is -0.667. The van der Waals surface area contributed by atoms with Crippen LogP contribution in [-0.4, -0.2) is 29.2 Å². The highest BCUT2D eigenvalue weighted by Crippen LogP contribution is 2.37. The Bertz CT molecular complexity index is 1190. The van der Waals surface area contributed by atoms with Crippen LogP contribution in [0.1, 0.15) is 40.1 Å². The predicted octanol–water partition coefficient (Wildman–Crippen LogP) is 4.69. The number of nitro benzene ring substituents is 1. The van der Waals surface area contributed by atoms with E-state index >= 15 is 0 Å². The third kappa shape index (κ3) is 4.54. The second-order valence-corrected chi connectivity index (χ2v) is 6.75. The highest BCUT2D eigenvalue weighted by atomic mass is 16.6. The first-order valence-electron chi connectivity index (χ1n) is 9.80. The molecule has 0 bridgehead atoms. The molecule has 0 saturated carbocycles. The number of ketones is 1. The highest BCUT2D eigenvalue weighted by Gasteiger charge is 2.28. The molecule has 0 aromatic heterocycles. The van der Waals surface area contributed by atoms with Gasteiger partial charge >= 0.3 is 5.97 Å². The van der Waals surface area contributed by atoms with Crippen LogP contribution in [0.5, 0.6) is 0 Å². The Morgan fingerprint density at radius 1 is 0.906 bits per heavy atom. The first-order chi connectivity index (χ1) is 15.3. The number of rotatable bonds is 7. The molecule has 3 aromatic rings. The number of nitro groups is 1. The number of carbonyl (C=O) groups excluding carboxylic acids is 3. The zero-order valence-corrected chi connectivity index (χ0v) is 17.5. The van der Waals surface area contributed by atoms with E-state index in [1.807, 2.05) is 0 Å². The molecular weight excluding hydrogens is 412 g/mol. The SMILES string of the molecule is CCOC(=O)c1ccccc1N(C(C)=O)c1ccc(C(=O)c2ccccc2)cc1[N+](=O)[O-]. The largest absolute Gasteiger partial charge is 0.462 e. The summed E-state index contributed by atoms with van der Waals surface area (Å²) in [5.41, 5.74) is 0.205. The van der Waals surface area contributed by atoms with E-state index in [0.29, 0.717) is 5.56 Å². The van der Waals surface area contributed by atoms with Gasteiger partial charge in [-0.15, -0.1) is 0 Å². The number of hydrogen-bond donors (Lipinski definition) is 0. The summed E-state index contributed by atoms with van der Waals surface area (Å²) in [5, 5.41) is 11.9. The molecule has 3 aromatic carbocycles. The average molecular weight is 432 g/mol. The molecule has 0 aliphatic heterocycles. The van der Waals surface area contributed by atoms with Gasteiger partial charge in [0, 0.05) is 24.1 Å². The summed E-state index contributed by atoms with van der Waals surface area (Å²) in [6.07, 6.45) is 0. The number of ether oxygens (including phenoxy) is 1. The molecule has 0 fully saturated rings. The van der Waals surface area contributed by atoms with Gasteiger partial charge in [-0.2, -0.15) is 0 Å². The minimum Gasteiger partial charge on any atom is -0.462 e. The second-order valence-electron chi connectivity index (χ2n) is 6.75. The van der Waals surface area contributed by atoms with Crippen molar-refractivity contribution in [3.63, 3.8) is 0 Å². The van der Waals surface area contributed by atoms with Crippen molar-refractivity contribution in [1.82, 2.24) is 0 Å². The Balaban J connectivity index is 2.15. The van der Waals surface area contributed by atoms with Gasteiger partial charge in [-0.1, -0.05) is 42.5 Å². The molecule has 32 heavy (non-hydrogen) atoms. The molecule has 1 amide bonds. The van der Waals surface area contributed by atoms with E-state index in [1.54, 1.807) is 49.4 Å². The lowest BCUT2D eigenvalue weighted by atomic mass is 10.0. The lowest BCUT2D eigenvalue weighted by molar-refractivity contribution is -0.384. The number of hydrogen-bond acceptors (Lipinski definition) is 6. The van der Waals surface area contributed by atoms with Gasteiger partial charge in [0.05, 0.1) is 22.8 Å². The van der Waals surface area contributed by atoms with Crippen LogP contribution in [-0.2, 0) is 9.53 Å². The van der Waals surface area contributed by atoms with Crippen molar-refractivity contribution in [3.05, 3.63) is 99.6 Å². The third-order valence-electron chi connectivity index (χ3n) is 4.67. The summed E-state index contributed by atoms with van der Waals surface area (Å²) < 4.78 is 5.06. The van der Waals surface area contributed by atoms with Crippen LogP contribution >= 0.6 is 0 Å². The first-order valence-corrected chi connectivity index (χ1v) is 9.80. The smallest absolute Gasteiger partial charge is 0.340 e. The molecule has 0 saturated heterocycles. The van der Waals surface area contributed by atoms with Crippen LogP contribution < -0.4 is 4.90 Å². The Labute approximate surface area is 184 Å². The van der Waals surface area contributed by atoms with Crippen molar-refractivity contribution < 1.29 is 24.0 Å². The molecule has 8 nitrogen and oxygen atoms in total. The zero-order chi connectivity index (χ0) is 23.3. The molecule has 162 valence electrons. The standard InChI is InChI=1S/C24H20N2O6/c1-3-32-24(29)19-11-7-8-12-20(19)25(16(2)27)21-14-13-18(15-22(21)26(30)31)23(28)17-9-5-4-6-10-17/h4-15H,3H2,1-2H3. The fourth-order valence-electron chi connectivity index (χ4n) is 3.28. The van der Waals surface area contributed by atoms with E-state index in [-0.39, 0.29) is 34.9 Å². The van der Waals surface area contributed by atoms with Crippen LogP contribution in [0.3, 0.4) is 0 Å². The quantitative estimate of drug-likeness (QED) is 0.232. The van der Waals surface area contributed by atoms with Gasteiger partial charge in [0.1, 0.15) is 5.69 Å². The summed E-state index contributed by atoms with van der Waals surface area (Å²) in [6.45, 7) is 3.01. The lowest BCUT2D eigenvalue weighted by Crippen LogP contribution is -2.26. The van der Waals surface area contributed by atoms with Crippen molar-refractivity contribution in [1.29, 1.82) is 0 Å².